The Morgan fingerprint density at radius 3 is 2.56 bits per heavy atom. The van der Waals surface area contributed by atoms with Crippen molar-refractivity contribution in [3.63, 3.8) is 0 Å². The molecule has 5 rings (SSSR count). The van der Waals surface area contributed by atoms with Gasteiger partial charge in [0.1, 0.15) is 10.8 Å². The van der Waals surface area contributed by atoms with E-state index in [1.54, 1.807) is 22.4 Å². The van der Waals surface area contributed by atoms with Crippen molar-refractivity contribution in [2.24, 2.45) is 5.73 Å². The van der Waals surface area contributed by atoms with Crippen molar-refractivity contribution < 1.29 is 14.0 Å². The topological polar surface area (TPSA) is 116 Å². The molecule has 2 heterocycles. The van der Waals surface area contributed by atoms with Crippen molar-refractivity contribution in [3.8, 4) is 10.6 Å². The number of allylic oxidation sites excluding steroid dienone is 1. The molecule has 11 heteroatoms. The van der Waals surface area contributed by atoms with Crippen molar-refractivity contribution in [1.29, 1.82) is 0 Å². The zero-order valence-electron chi connectivity index (χ0n) is 25.6. The van der Waals surface area contributed by atoms with Crippen LogP contribution in [0.1, 0.15) is 49.1 Å². The summed E-state index contributed by atoms with van der Waals surface area (Å²) in [4.78, 5) is 29.3. The lowest BCUT2D eigenvalue weighted by Crippen LogP contribution is -2.40. The molecule has 0 saturated heterocycles. The summed E-state index contributed by atoms with van der Waals surface area (Å²) in [6, 6.07) is 11.1. The fourth-order valence-corrected chi connectivity index (χ4v) is 5.42. The molecule has 0 spiro atoms. The molecule has 2 amide bonds. The lowest BCUT2D eigenvalue weighted by molar-refractivity contribution is -0.119. The molecule has 0 bridgehead atoms. The maximum Gasteiger partial charge on any atom is 0.239 e. The number of anilines is 1. The Labute approximate surface area is 258 Å². The minimum absolute atomic E-state index is 0.0564. The number of aryl methyl sites for hydroxylation is 1. The van der Waals surface area contributed by atoms with Gasteiger partial charge in [-0.2, -0.15) is 0 Å². The minimum atomic E-state index is -0.230. The number of rotatable bonds is 12. The highest BCUT2D eigenvalue weighted by Crippen LogP contribution is 2.33. The number of benzene rings is 2. The van der Waals surface area contributed by atoms with Crippen LogP contribution < -0.4 is 26.7 Å². The van der Waals surface area contributed by atoms with Crippen LogP contribution in [-0.2, 0) is 22.7 Å². The standard InChI is InChI=1S/C22H30N4OS.C9H9FN2O.CH5N/c1-4-23-10-11-24-21(27)14-26(5-2)20-9-8-18(12-16(20)3)22-25-19(15-28-22)13-17-6-7-17;10-9-2-1-7-4-12(11-6-13)5-8(7)3-9;1-2/h8-9,12-13,15,23H,4-7,10-11,14H2,1-3H3,(H,24,27);1-3,6H,4-5H2,(H,11,13);2H2,1H3. The molecule has 2 aliphatic rings. The number of aromatic nitrogens is 1. The highest BCUT2D eigenvalue weighted by atomic mass is 32.1. The molecule has 5 N–H and O–H groups in total. The molecule has 0 atom stereocenters. The van der Waals surface area contributed by atoms with E-state index in [0.29, 0.717) is 32.6 Å². The van der Waals surface area contributed by atoms with Crippen molar-refractivity contribution in [2.45, 2.75) is 46.7 Å². The number of likely N-dealkylation sites (N-methyl/N-ethyl adjacent to an activating group) is 2. The smallest absolute Gasteiger partial charge is 0.239 e. The average Bonchev–Trinajstić information content (AvgIpc) is 3.54. The monoisotopic (exact) mass is 609 g/mol. The molecule has 232 valence electrons. The van der Waals surface area contributed by atoms with Crippen LogP contribution in [0.3, 0.4) is 0 Å². The first-order valence-electron chi connectivity index (χ1n) is 14.7. The van der Waals surface area contributed by atoms with E-state index in [0.717, 1.165) is 58.3 Å². The van der Waals surface area contributed by atoms with Crippen LogP contribution in [0, 0.1) is 12.7 Å². The van der Waals surface area contributed by atoms with Gasteiger partial charge in [0.05, 0.1) is 12.2 Å². The molecule has 0 radical (unpaired) electrons. The SMILES string of the molecule is CCNCCNC(=O)CN(CC)c1ccc(-c2nc(C=C3CC3)cs2)cc1C.CN.O=CNN1Cc2ccc(F)cc2C1. The number of hydrazine groups is 1. The van der Waals surface area contributed by atoms with E-state index in [2.05, 4.69) is 77.1 Å². The van der Waals surface area contributed by atoms with Crippen LogP contribution in [-0.4, -0.2) is 62.1 Å². The van der Waals surface area contributed by atoms with Crippen LogP contribution in [0.4, 0.5) is 10.1 Å². The van der Waals surface area contributed by atoms with Gasteiger partial charge in [0.15, 0.2) is 0 Å². The van der Waals surface area contributed by atoms with E-state index in [1.807, 2.05) is 0 Å². The highest BCUT2D eigenvalue weighted by molar-refractivity contribution is 7.13. The van der Waals surface area contributed by atoms with Gasteiger partial charge in [-0.15, -0.1) is 11.3 Å². The van der Waals surface area contributed by atoms with E-state index in [1.165, 1.54) is 37.6 Å². The van der Waals surface area contributed by atoms with Crippen LogP contribution in [0.5, 0.6) is 0 Å². The van der Waals surface area contributed by atoms with Gasteiger partial charge in [-0.05, 0) is 93.4 Å². The molecule has 1 saturated carbocycles. The summed E-state index contributed by atoms with van der Waals surface area (Å²) in [5.74, 6) is -0.174. The fourth-order valence-electron chi connectivity index (χ4n) is 4.65. The van der Waals surface area contributed by atoms with Gasteiger partial charge in [-0.1, -0.05) is 18.6 Å². The Balaban J connectivity index is 0.000000280. The third-order valence-corrected chi connectivity index (χ3v) is 7.82. The number of amides is 2. The number of halogens is 1. The number of carbonyl (C=O) groups is 2. The number of nitrogens with two attached hydrogens (primary N) is 1. The van der Waals surface area contributed by atoms with E-state index in [4.69, 9.17) is 4.98 Å². The molecule has 1 aliphatic heterocycles. The quantitative estimate of drug-likeness (QED) is 0.180. The van der Waals surface area contributed by atoms with E-state index < -0.39 is 0 Å². The fraction of sp³-hybridized carbons (Fsp3) is 0.406. The van der Waals surface area contributed by atoms with Crippen molar-refractivity contribution in [2.75, 3.05) is 44.7 Å². The maximum absolute atomic E-state index is 12.8. The summed E-state index contributed by atoms with van der Waals surface area (Å²) < 4.78 is 12.8. The van der Waals surface area contributed by atoms with E-state index >= 15 is 0 Å². The average molecular weight is 610 g/mol. The summed E-state index contributed by atoms with van der Waals surface area (Å²) in [5, 5.41) is 11.1. The van der Waals surface area contributed by atoms with Gasteiger partial charge >= 0.3 is 0 Å². The molecule has 1 aliphatic carbocycles. The van der Waals surface area contributed by atoms with Gasteiger partial charge < -0.3 is 21.3 Å². The summed E-state index contributed by atoms with van der Waals surface area (Å²) in [7, 11) is 1.50. The number of thiazole rings is 1. The Morgan fingerprint density at radius 1 is 1.12 bits per heavy atom. The van der Waals surface area contributed by atoms with Gasteiger partial charge in [-0.3, -0.25) is 15.0 Å². The zero-order chi connectivity index (χ0) is 31.2. The third-order valence-electron chi connectivity index (χ3n) is 6.91. The first-order valence-corrected chi connectivity index (χ1v) is 15.6. The maximum atomic E-state index is 12.8. The summed E-state index contributed by atoms with van der Waals surface area (Å²) in [6.07, 6.45) is 5.27. The Bertz CT molecular complexity index is 1370. The third kappa shape index (κ3) is 10.5. The number of carbonyl (C=O) groups excluding carboxylic acids is 2. The van der Waals surface area contributed by atoms with Gasteiger partial charge in [0.2, 0.25) is 12.3 Å². The molecule has 9 nitrogen and oxygen atoms in total. The highest BCUT2D eigenvalue weighted by Gasteiger charge is 2.18. The van der Waals surface area contributed by atoms with Crippen LogP contribution in [0.2, 0.25) is 0 Å². The lowest BCUT2D eigenvalue weighted by atomic mass is 10.1. The van der Waals surface area contributed by atoms with Gasteiger partial charge in [0.25, 0.3) is 0 Å². The van der Waals surface area contributed by atoms with Crippen molar-refractivity contribution in [3.05, 3.63) is 75.6 Å². The molecular formula is C32H44FN7O2S. The summed E-state index contributed by atoms with van der Waals surface area (Å²) in [5.41, 5.74) is 15.0. The number of nitrogens with zero attached hydrogens (tertiary/aromatic N) is 3. The number of nitrogens with one attached hydrogen (secondary N) is 3. The molecule has 2 aromatic carbocycles. The van der Waals surface area contributed by atoms with Gasteiger partial charge in [-0.25, -0.2) is 14.4 Å². The molecular weight excluding hydrogens is 565 g/mol. The summed E-state index contributed by atoms with van der Waals surface area (Å²) in [6.45, 7) is 11.0. The molecule has 43 heavy (non-hydrogen) atoms. The lowest BCUT2D eigenvalue weighted by Gasteiger charge is -2.24. The molecule has 3 aromatic rings. The predicted octanol–water partition coefficient (Wildman–Crippen LogP) is 4.22. The number of hydrogen-bond acceptors (Lipinski definition) is 8. The first-order chi connectivity index (χ1) is 20.9. The Kier molecular flexibility index (Phi) is 13.8. The largest absolute Gasteiger partial charge is 0.362 e. The van der Waals surface area contributed by atoms with Crippen LogP contribution in [0.15, 0.2) is 47.4 Å². The van der Waals surface area contributed by atoms with Crippen molar-refractivity contribution >= 4 is 35.4 Å². The predicted molar refractivity (Wildman–Crippen MR) is 174 cm³/mol. The Hall–Kier alpha value is -3.64. The molecule has 0 unspecified atom stereocenters. The second-order valence-electron chi connectivity index (χ2n) is 10.1. The number of fused-ring (bicyclic) bond motifs is 1. The normalized spacial score (nSPS) is 13.1. The van der Waals surface area contributed by atoms with Gasteiger partial charge in [0, 0.05) is 49.4 Å². The number of hydrogen-bond donors (Lipinski definition) is 4. The van der Waals surface area contributed by atoms with E-state index in [-0.39, 0.29) is 11.7 Å². The first kappa shape index (κ1) is 33.9. The van der Waals surface area contributed by atoms with Crippen molar-refractivity contribution in [1.82, 2.24) is 26.1 Å². The second kappa shape index (κ2) is 17.5. The summed E-state index contributed by atoms with van der Waals surface area (Å²) >= 11 is 1.69. The Morgan fingerprint density at radius 2 is 1.88 bits per heavy atom. The van der Waals surface area contributed by atoms with Crippen LogP contribution in [0.25, 0.3) is 16.6 Å². The molecule has 1 fully saturated rings. The van der Waals surface area contributed by atoms with Crippen LogP contribution >= 0.6 is 11.3 Å². The minimum Gasteiger partial charge on any atom is -0.362 e. The van der Waals surface area contributed by atoms with E-state index in [9.17, 15) is 14.0 Å². The molecule has 1 aromatic heterocycles. The zero-order valence-corrected chi connectivity index (χ0v) is 26.4. The second-order valence-corrected chi connectivity index (χ2v) is 11.0.